The predicted octanol–water partition coefficient (Wildman–Crippen LogP) is 5.01. The largest absolute Gasteiger partial charge is 0.457 e. The Bertz CT molecular complexity index is 1600. The molecule has 0 unspecified atom stereocenters. The van der Waals surface area contributed by atoms with E-state index >= 15 is 0 Å². The Hall–Kier alpha value is -4.99. The van der Waals surface area contributed by atoms with Crippen molar-refractivity contribution in [2.75, 3.05) is 12.4 Å². The average Bonchev–Trinajstić information content (AvgIpc) is 3.51. The second-order valence-electron chi connectivity index (χ2n) is 8.54. The van der Waals surface area contributed by atoms with Gasteiger partial charge in [-0.25, -0.2) is 19.9 Å². The second-order valence-corrected chi connectivity index (χ2v) is 8.54. The number of anilines is 2. The Balaban J connectivity index is 1.33. The summed E-state index contributed by atoms with van der Waals surface area (Å²) in [5.41, 5.74) is 4.86. The normalized spacial score (nSPS) is 10.9. The van der Waals surface area contributed by atoms with E-state index in [2.05, 4.69) is 31.8 Å². The third kappa shape index (κ3) is 5.03. The first kappa shape index (κ1) is 23.7. The molecule has 0 radical (unpaired) electrons. The Morgan fingerprint density at radius 2 is 2.11 bits per heavy atom. The molecular weight excluding hydrogens is 470 g/mol. The highest BCUT2D eigenvalue weighted by Crippen LogP contribution is 2.32. The molecule has 0 aliphatic heterocycles. The number of imidazole rings is 1. The molecule has 0 aliphatic carbocycles. The number of carbonyl (C=O) groups excluding carboxylic acids is 1. The molecule has 0 saturated carbocycles. The molecule has 10 nitrogen and oxygen atoms in total. The van der Waals surface area contributed by atoms with Crippen LogP contribution in [0.2, 0.25) is 0 Å². The quantitative estimate of drug-likeness (QED) is 0.299. The maximum atomic E-state index is 11.8. The third-order valence-electron chi connectivity index (χ3n) is 5.81. The number of oxazole rings is 1. The molecule has 5 rings (SSSR count). The van der Waals surface area contributed by atoms with E-state index in [0.717, 1.165) is 28.0 Å². The zero-order valence-corrected chi connectivity index (χ0v) is 20.7. The number of ether oxygens (including phenoxy) is 1. The third-order valence-corrected chi connectivity index (χ3v) is 5.81. The van der Waals surface area contributed by atoms with Crippen LogP contribution in [0.4, 0.5) is 11.5 Å². The highest BCUT2D eigenvalue weighted by molar-refractivity contribution is 5.86. The van der Waals surface area contributed by atoms with Gasteiger partial charge in [-0.05, 0) is 48.9 Å². The Kier molecular flexibility index (Phi) is 6.38. The lowest BCUT2D eigenvalue weighted by molar-refractivity contribution is -0.125. The highest BCUT2D eigenvalue weighted by Gasteiger charge is 2.16. The van der Waals surface area contributed by atoms with Crippen molar-refractivity contribution >= 4 is 28.4 Å². The number of likely N-dealkylation sites (N-methyl/N-ethyl adjacent to an activating group) is 1. The first-order valence-corrected chi connectivity index (χ1v) is 11.5. The van der Waals surface area contributed by atoms with Gasteiger partial charge in [0.05, 0.1) is 35.2 Å². The van der Waals surface area contributed by atoms with Crippen LogP contribution in [-0.4, -0.2) is 42.4 Å². The van der Waals surface area contributed by atoms with E-state index < -0.39 is 0 Å². The van der Waals surface area contributed by atoms with E-state index in [1.165, 1.54) is 23.6 Å². The van der Waals surface area contributed by atoms with Gasteiger partial charge in [-0.1, -0.05) is 6.58 Å². The van der Waals surface area contributed by atoms with Gasteiger partial charge in [0.1, 0.15) is 29.9 Å². The number of hydrogen-bond donors (Lipinski definition) is 1. The summed E-state index contributed by atoms with van der Waals surface area (Å²) in [6.45, 7) is 5.77. The van der Waals surface area contributed by atoms with Gasteiger partial charge < -0.3 is 23.9 Å². The van der Waals surface area contributed by atoms with Gasteiger partial charge in [-0.2, -0.15) is 0 Å². The molecule has 0 spiro atoms. The number of benzene rings is 2. The molecule has 0 aliphatic rings. The Morgan fingerprint density at radius 1 is 1.24 bits per heavy atom. The lowest BCUT2D eigenvalue weighted by Gasteiger charge is -2.13. The van der Waals surface area contributed by atoms with Gasteiger partial charge in [0.25, 0.3) is 0 Å². The molecule has 37 heavy (non-hydrogen) atoms. The van der Waals surface area contributed by atoms with Gasteiger partial charge in [-0.3, -0.25) is 4.79 Å². The molecule has 0 bridgehead atoms. The molecule has 186 valence electrons. The summed E-state index contributed by atoms with van der Waals surface area (Å²) in [5, 5.41) is 3.31. The summed E-state index contributed by atoms with van der Waals surface area (Å²) in [4.78, 5) is 30.6. The van der Waals surface area contributed by atoms with Crippen molar-refractivity contribution in [2.45, 2.75) is 13.5 Å². The summed E-state index contributed by atoms with van der Waals surface area (Å²) in [6.07, 6.45) is 7.62. The van der Waals surface area contributed by atoms with Gasteiger partial charge in [0, 0.05) is 32.0 Å². The minimum absolute atomic E-state index is 0.199. The van der Waals surface area contributed by atoms with Gasteiger partial charge in [0.15, 0.2) is 0 Å². The number of hydrogen-bond acceptors (Lipinski definition) is 8. The minimum Gasteiger partial charge on any atom is -0.457 e. The fourth-order valence-electron chi connectivity index (χ4n) is 3.85. The summed E-state index contributed by atoms with van der Waals surface area (Å²) >= 11 is 0. The standard InChI is InChI=1S/C27H25N7O3/c1-5-25(35)33(3)13-19-14-36-27(32-19)21-12-28-15-29-26(21)31-18-6-9-24(17(2)10-18)37-20-7-8-23-22(11-20)30-16-34(23)4/h5-12,14-16H,1,13H2,2-4H3,(H,28,29,31). The van der Waals surface area contributed by atoms with Crippen molar-refractivity contribution in [3.63, 3.8) is 0 Å². The second kappa shape index (κ2) is 9.94. The fraction of sp³-hybridized carbons (Fsp3) is 0.148. The van der Waals surface area contributed by atoms with Crippen molar-refractivity contribution in [1.82, 2.24) is 29.4 Å². The molecule has 0 saturated heterocycles. The summed E-state index contributed by atoms with van der Waals surface area (Å²) in [6, 6.07) is 11.6. The van der Waals surface area contributed by atoms with E-state index in [0.29, 0.717) is 35.3 Å². The minimum atomic E-state index is -0.199. The Morgan fingerprint density at radius 3 is 2.92 bits per heavy atom. The van der Waals surface area contributed by atoms with Crippen LogP contribution in [-0.2, 0) is 18.4 Å². The Labute approximate surface area is 213 Å². The number of nitrogens with one attached hydrogen (secondary N) is 1. The molecule has 5 aromatic rings. The number of carbonyl (C=O) groups is 1. The van der Waals surface area contributed by atoms with Crippen LogP contribution in [0.15, 0.2) is 78.6 Å². The zero-order valence-electron chi connectivity index (χ0n) is 20.7. The highest BCUT2D eigenvalue weighted by atomic mass is 16.5. The van der Waals surface area contributed by atoms with Crippen molar-refractivity contribution in [3.8, 4) is 23.0 Å². The monoisotopic (exact) mass is 495 g/mol. The number of nitrogens with zero attached hydrogens (tertiary/aromatic N) is 6. The SMILES string of the molecule is C=CC(=O)N(C)Cc1coc(-c2cncnc2Nc2ccc(Oc3ccc4c(c3)ncn4C)c(C)c2)n1. The van der Waals surface area contributed by atoms with Gasteiger partial charge >= 0.3 is 0 Å². The molecule has 0 fully saturated rings. The summed E-state index contributed by atoms with van der Waals surface area (Å²) in [7, 11) is 3.63. The molecule has 3 aromatic heterocycles. The molecule has 2 aromatic carbocycles. The van der Waals surface area contributed by atoms with Crippen LogP contribution in [0.5, 0.6) is 11.5 Å². The van der Waals surface area contributed by atoms with Crippen molar-refractivity contribution in [3.05, 3.63) is 85.4 Å². The molecule has 10 heteroatoms. The number of rotatable bonds is 8. The first-order chi connectivity index (χ1) is 17.9. The van der Waals surface area contributed by atoms with E-state index in [1.807, 2.05) is 54.9 Å². The van der Waals surface area contributed by atoms with Crippen LogP contribution in [0, 0.1) is 6.92 Å². The van der Waals surface area contributed by atoms with E-state index in [9.17, 15) is 4.79 Å². The van der Waals surface area contributed by atoms with Crippen molar-refractivity contribution < 1.29 is 13.9 Å². The van der Waals surface area contributed by atoms with Crippen LogP contribution in [0.25, 0.3) is 22.5 Å². The topological polar surface area (TPSA) is 111 Å². The predicted molar refractivity (Wildman–Crippen MR) is 139 cm³/mol. The van der Waals surface area contributed by atoms with Crippen molar-refractivity contribution in [1.29, 1.82) is 0 Å². The van der Waals surface area contributed by atoms with Crippen molar-refractivity contribution in [2.24, 2.45) is 7.05 Å². The number of aromatic nitrogens is 5. The lowest BCUT2D eigenvalue weighted by Crippen LogP contribution is -2.24. The molecule has 1 amide bonds. The van der Waals surface area contributed by atoms with Crippen LogP contribution in [0.3, 0.4) is 0 Å². The molecular formula is C27H25N7O3. The zero-order chi connectivity index (χ0) is 25.9. The lowest BCUT2D eigenvalue weighted by atomic mass is 10.2. The molecule has 0 atom stereocenters. The number of amides is 1. The fourth-order valence-corrected chi connectivity index (χ4v) is 3.85. The van der Waals surface area contributed by atoms with E-state index in [1.54, 1.807) is 19.6 Å². The van der Waals surface area contributed by atoms with E-state index in [-0.39, 0.29) is 5.91 Å². The van der Waals surface area contributed by atoms with Crippen LogP contribution in [0.1, 0.15) is 11.3 Å². The number of fused-ring (bicyclic) bond motifs is 1. The molecule has 3 heterocycles. The van der Waals surface area contributed by atoms with Crippen LogP contribution >= 0.6 is 0 Å². The molecule has 1 N–H and O–H groups in total. The van der Waals surface area contributed by atoms with Gasteiger partial charge in [-0.15, -0.1) is 0 Å². The summed E-state index contributed by atoms with van der Waals surface area (Å²) < 4.78 is 13.8. The van der Waals surface area contributed by atoms with E-state index in [4.69, 9.17) is 9.15 Å². The van der Waals surface area contributed by atoms with Gasteiger partial charge in [0.2, 0.25) is 11.8 Å². The number of aryl methyl sites for hydroxylation is 2. The smallest absolute Gasteiger partial charge is 0.246 e. The maximum Gasteiger partial charge on any atom is 0.246 e. The average molecular weight is 496 g/mol. The maximum absolute atomic E-state index is 11.8. The first-order valence-electron chi connectivity index (χ1n) is 11.5. The summed E-state index contributed by atoms with van der Waals surface area (Å²) in [5.74, 6) is 2.13. The van der Waals surface area contributed by atoms with Crippen LogP contribution < -0.4 is 10.1 Å².